The molecule has 0 spiro atoms. The van der Waals surface area contributed by atoms with Gasteiger partial charge >= 0.3 is 0 Å². The van der Waals surface area contributed by atoms with Crippen LogP contribution in [0.1, 0.15) is 50.7 Å². The maximum absolute atomic E-state index is 13.2. The average molecular weight is 342 g/mol. The molecule has 1 heterocycles. The van der Waals surface area contributed by atoms with Gasteiger partial charge in [0.15, 0.2) is 0 Å². The van der Waals surface area contributed by atoms with Crippen molar-refractivity contribution < 1.29 is 9.59 Å². The molecular formula is C21H30N2O2. The molecule has 1 saturated heterocycles. The Morgan fingerprint density at radius 3 is 2.24 bits per heavy atom. The van der Waals surface area contributed by atoms with Crippen LogP contribution in [-0.2, 0) is 9.59 Å². The summed E-state index contributed by atoms with van der Waals surface area (Å²) in [6, 6.07) is 6.41. The molecule has 4 nitrogen and oxygen atoms in total. The summed E-state index contributed by atoms with van der Waals surface area (Å²) >= 11 is 0. The standard InChI is InChI=1S/C21H30N2O2/c1-14(2)23(19-13-15(3)5-6-16(19)4)21(25)18-9-11-22(12-10-18)20(24)17-7-8-17/h5-6,13-14,17-18H,7-12H2,1-4H3. The third-order valence-corrected chi connectivity index (χ3v) is 5.46. The topological polar surface area (TPSA) is 40.6 Å². The highest BCUT2D eigenvalue weighted by Gasteiger charge is 2.37. The maximum Gasteiger partial charge on any atom is 0.230 e. The van der Waals surface area contributed by atoms with Crippen molar-refractivity contribution in [1.82, 2.24) is 4.90 Å². The molecule has 3 rings (SSSR count). The Morgan fingerprint density at radius 1 is 1.04 bits per heavy atom. The number of aryl methyl sites for hydroxylation is 2. The third-order valence-electron chi connectivity index (χ3n) is 5.46. The van der Waals surface area contributed by atoms with E-state index in [1.54, 1.807) is 0 Å². The summed E-state index contributed by atoms with van der Waals surface area (Å²) in [5.74, 6) is 0.809. The van der Waals surface area contributed by atoms with Crippen LogP contribution in [0.4, 0.5) is 5.69 Å². The van der Waals surface area contributed by atoms with Crippen molar-refractivity contribution in [2.75, 3.05) is 18.0 Å². The van der Waals surface area contributed by atoms with Gasteiger partial charge in [-0.3, -0.25) is 9.59 Å². The highest BCUT2D eigenvalue weighted by molar-refractivity contribution is 5.96. The predicted molar refractivity (Wildman–Crippen MR) is 101 cm³/mol. The van der Waals surface area contributed by atoms with Crippen LogP contribution in [0.2, 0.25) is 0 Å². The second kappa shape index (κ2) is 7.19. The molecule has 1 aromatic rings. The molecule has 2 aliphatic rings. The van der Waals surface area contributed by atoms with Gasteiger partial charge < -0.3 is 9.80 Å². The van der Waals surface area contributed by atoms with Crippen LogP contribution >= 0.6 is 0 Å². The number of hydrogen-bond donors (Lipinski definition) is 0. The number of nitrogens with zero attached hydrogens (tertiary/aromatic N) is 2. The molecule has 2 amide bonds. The SMILES string of the molecule is Cc1ccc(C)c(N(C(=O)C2CCN(C(=O)C3CC3)CC2)C(C)C)c1. The van der Waals surface area contributed by atoms with Crippen LogP contribution < -0.4 is 4.90 Å². The van der Waals surface area contributed by atoms with E-state index >= 15 is 0 Å². The number of likely N-dealkylation sites (tertiary alicyclic amines) is 1. The van der Waals surface area contributed by atoms with E-state index in [1.807, 2.05) is 9.80 Å². The van der Waals surface area contributed by atoms with Crippen molar-refractivity contribution in [1.29, 1.82) is 0 Å². The lowest BCUT2D eigenvalue weighted by Gasteiger charge is -2.36. The van der Waals surface area contributed by atoms with E-state index in [9.17, 15) is 9.59 Å². The van der Waals surface area contributed by atoms with Crippen LogP contribution in [0.15, 0.2) is 18.2 Å². The Hall–Kier alpha value is -1.84. The van der Waals surface area contributed by atoms with Crippen LogP contribution in [-0.4, -0.2) is 35.8 Å². The summed E-state index contributed by atoms with van der Waals surface area (Å²) in [7, 11) is 0. The van der Waals surface area contributed by atoms with Gasteiger partial charge in [0.05, 0.1) is 0 Å². The monoisotopic (exact) mass is 342 g/mol. The Labute approximate surface area is 151 Å². The van der Waals surface area contributed by atoms with Gasteiger partial charge in [-0.2, -0.15) is 0 Å². The largest absolute Gasteiger partial charge is 0.342 e. The first-order valence-corrected chi connectivity index (χ1v) is 9.57. The summed E-state index contributed by atoms with van der Waals surface area (Å²) in [6.45, 7) is 9.73. The number of benzene rings is 1. The minimum Gasteiger partial charge on any atom is -0.342 e. The third kappa shape index (κ3) is 3.88. The Bertz CT molecular complexity index is 656. The van der Waals surface area contributed by atoms with Gasteiger partial charge in [0.25, 0.3) is 0 Å². The normalized spacial score (nSPS) is 18.5. The quantitative estimate of drug-likeness (QED) is 0.837. The summed E-state index contributed by atoms with van der Waals surface area (Å²) < 4.78 is 0. The fourth-order valence-corrected chi connectivity index (χ4v) is 3.76. The first-order chi connectivity index (χ1) is 11.9. The van der Waals surface area contributed by atoms with Crippen molar-refractivity contribution in [3.05, 3.63) is 29.3 Å². The molecule has 0 atom stereocenters. The van der Waals surface area contributed by atoms with E-state index in [2.05, 4.69) is 45.9 Å². The number of piperidine rings is 1. The molecule has 25 heavy (non-hydrogen) atoms. The van der Waals surface area contributed by atoms with E-state index in [0.717, 1.165) is 50.0 Å². The molecule has 0 aromatic heterocycles. The molecule has 0 unspecified atom stereocenters. The van der Waals surface area contributed by atoms with Gasteiger partial charge in [0.1, 0.15) is 0 Å². The van der Waals surface area contributed by atoms with Gasteiger partial charge in [-0.15, -0.1) is 0 Å². The molecule has 0 N–H and O–H groups in total. The molecule has 1 saturated carbocycles. The zero-order chi connectivity index (χ0) is 18.1. The minimum atomic E-state index is 0.0190. The molecule has 1 aliphatic heterocycles. The van der Waals surface area contributed by atoms with E-state index in [0.29, 0.717) is 5.91 Å². The van der Waals surface area contributed by atoms with Gasteiger partial charge in [-0.1, -0.05) is 12.1 Å². The van der Waals surface area contributed by atoms with Crippen LogP contribution in [0.25, 0.3) is 0 Å². The molecule has 4 heteroatoms. The summed E-state index contributed by atoms with van der Waals surface area (Å²) in [4.78, 5) is 29.4. The Balaban J connectivity index is 1.71. The number of carbonyl (C=O) groups excluding carboxylic acids is 2. The Kier molecular flexibility index (Phi) is 5.16. The lowest BCUT2D eigenvalue weighted by Crippen LogP contribution is -2.47. The number of amides is 2. The Morgan fingerprint density at radius 2 is 1.68 bits per heavy atom. The van der Waals surface area contributed by atoms with Gasteiger partial charge in [-0.25, -0.2) is 0 Å². The zero-order valence-electron chi connectivity index (χ0n) is 15.9. The molecule has 1 aromatic carbocycles. The van der Waals surface area contributed by atoms with E-state index in [4.69, 9.17) is 0 Å². The zero-order valence-corrected chi connectivity index (χ0v) is 15.9. The number of hydrogen-bond acceptors (Lipinski definition) is 2. The average Bonchev–Trinajstić information content (AvgIpc) is 3.42. The first-order valence-electron chi connectivity index (χ1n) is 9.57. The second-order valence-electron chi connectivity index (χ2n) is 7.97. The van der Waals surface area contributed by atoms with Crippen molar-refractivity contribution >= 4 is 17.5 Å². The van der Waals surface area contributed by atoms with Crippen molar-refractivity contribution in [2.24, 2.45) is 11.8 Å². The van der Waals surface area contributed by atoms with Crippen LogP contribution in [0, 0.1) is 25.7 Å². The predicted octanol–water partition coefficient (Wildman–Crippen LogP) is 3.69. The van der Waals surface area contributed by atoms with Crippen molar-refractivity contribution in [3.63, 3.8) is 0 Å². The lowest BCUT2D eigenvalue weighted by atomic mass is 9.93. The fourth-order valence-electron chi connectivity index (χ4n) is 3.76. The first kappa shape index (κ1) is 18.0. The molecular weight excluding hydrogens is 312 g/mol. The maximum atomic E-state index is 13.2. The minimum absolute atomic E-state index is 0.0190. The molecule has 0 radical (unpaired) electrons. The summed E-state index contributed by atoms with van der Waals surface area (Å²) in [5, 5.41) is 0. The van der Waals surface area contributed by atoms with Crippen molar-refractivity contribution in [2.45, 2.75) is 59.4 Å². The van der Waals surface area contributed by atoms with Crippen LogP contribution in [0.5, 0.6) is 0 Å². The fraction of sp³-hybridized carbons (Fsp3) is 0.619. The molecule has 1 aliphatic carbocycles. The van der Waals surface area contributed by atoms with Gasteiger partial charge in [-0.05, 0) is 70.6 Å². The van der Waals surface area contributed by atoms with Crippen LogP contribution in [0.3, 0.4) is 0 Å². The van der Waals surface area contributed by atoms with E-state index in [-0.39, 0.29) is 23.8 Å². The second-order valence-corrected chi connectivity index (χ2v) is 7.97. The summed E-state index contributed by atoms with van der Waals surface area (Å²) in [6.07, 6.45) is 3.66. The number of rotatable bonds is 4. The lowest BCUT2D eigenvalue weighted by molar-refractivity contribution is -0.136. The highest BCUT2D eigenvalue weighted by Crippen LogP contribution is 2.33. The van der Waals surface area contributed by atoms with Crippen molar-refractivity contribution in [3.8, 4) is 0 Å². The van der Waals surface area contributed by atoms with E-state index in [1.165, 1.54) is 5.56 Å². The molecule has 2 fully saturated rings. The highest BCUT2D eigenvalue weighted by atomic mass is 16.2. The van der Waals surface area contributed by atoms with E-state index < -0.39 is 0 Å². The van der Waals surface area contributed by atoms with Gasteiger partial charge in [0, 0.05) is 36.7 Å². The smallest absolute Gasteiger partial charge is 0.230 e. The van der Waals surface area contributed by atoms with Gasteiger partial charge in [0.2, 0.25) is 11.8 Å². The number of carbonyl (C=O) groups is 2. The number of anilines is 1. The molecule has 0 bridgehead atoms. The summed E-state index contributed by atoms with van der Waals surface area (Å²) in [5.41, 5.74) is 3.33. The molecule has 136 valence electrons.